The van der Waals surface area contributed by atoms with Crippen molar-refractivity contribution in [2.45, 2.75) is 56.8 Å². The second-order valence-corrected chi connectivity index (χ2v) is 9.49. The van der Waals surface area contributed by atoms with Crippen LogP contribution in [0.5, 0.6) is 11.5 Å². The predicted molar refractivity (Wildman–Crippen MR) is 151 cm³/mol. The number of rotatable bonds is 15. The maximum absolute atomic E-state index is 13.2. The lowest BCUT2D eigenvalue weighted by molar-refractivity contribution is -0.142. The van der Waals surface area contributed by atoms with Crippen molar-refractivity contribution in [1.82, 2.24) is 16.0 Å². The van der Waals surface area contributed by atoms with Crippen molar-refractivity contribution in [2.24, 2.45) is 22.2 Å². The smallest absolute Gasteiger partial charge is 0.326 e. The Labute approximate surface area is 237 Å². The highest BCUT2D eigenvalue weighted by Crippen LogP contribution is 2.13. The van der Waals surface area contributed by atoms with Gasteiger partial charge in [-0.25, -0.2) is 4.79 Å². The number of nitrogens with zero attached hydrogens (tertiary/aromatic N) is 1. The number of amides is 3. The number of hydrogen-bond donors (Lipinski definition) is 9. The molecule has 0 aliphatic rings. The third-order valence-corrected chi connectivity index (χ3v) is 6.05. The van der Waals surface area contributed by atoms with E-state index in [-0.39, 0.29) is 49.7 Å². The fourth-order valence-electron chi connectivity index (χ4n) is 3.77. The van der Waals surface area contributed by atoms with E-state index in [9.17, 15) is 34.5 Å². The first-order chi connectivity index (χ1) is 19.3. The summed E-state index contributed by atoms with van der Waals surface area (Å²) in [6.07, 6.45) is 0.437. The molecule has 4 atom stereocenters. The van der Waals surface area contributed by atoms with Crippen LogP contribution in [0.1, 0.15) is 30.9 Å². The number of carbonyl (C=O) groups is 4. The van der Waals surface area contributed by atoms with Gasteiger partial charge in [0, 0.05) is 13.0 Å². The highest BCUT2D eigenvalue weighted by molar-refractivity contribution is 5.94. The maximum Gasteiger partial charge on any atom is 0.326 e. The second-order valence-electron chi connectivity index (χ2n) is 9.49. The van der Waals surface area contributed by atoms with E-state index in [0.29, 0.717) is 11.1 Å². The number of nitrogens with two attached hydrogens (primary N) is 3. The Bertz CT molecular complexity index is 1220. The average Bonchev–Trinajstić information content (AvgIpc) is 2.91. The number of hydrogen-bond acceptors (Lipinski definition) is 8. The normalized spacial score (nSPS) is 13.6. The van der Waals surface area contributed by atoms with Gasteiger partial charge < -0.3 is 48.5 Å². The van der Waals surface area contributed by atoms with Gasteiger partial charge in [-0.2, -0.15) is 0 Å². The number of phenols is 2. The number of aliphatic imine (C=N–C) groups is 1. The van der Waals surface area contributed by atoms with E-state index in [2.05, 4.69) is 20.9 Å². The van der Waals surface area contributed by atoms with Gasteiger partial charge in [-0.1, -0.05) is 24.3 Å². The number of guanidine groups is 1. The van der Waals surface area contributed by atoms with Crippen LogP contribution < -0.4 is 33.2 Å². The maximum atomic E-state index is 13.2. The molecule has 4 unspecified atom stereocenters. The Hall–Kier alpha value is -4.85. The third kappa shape index (κ3) is 11.4. The molecule has 0 aromatic heterocycles. The summed E-state index contributed by atoms with van der Waals surface area (Å²) in [6, 6.07) is 7.55. The zero-order chi connectivity index (χ0) is 30.5. The zero-order valence-electron chi connectivity index (χ0n) is 22.6. The van der Waals surface area contributed by atoms with E-state index < -0.39 is 47.9 Å². The van der Waals surface area contributed by atoms with Gasteiger partial charge >= 0.3 is 5.97 Å². The Morgan fingerprint density at radius 1 is 0.780 bits per heavy atom. The van der Waals surface area contributed by atoms with Crippen LogP contribution in [0.25, 0.3) is 0 Å². The molecule has 0 bridgehead atoms. The zero-order valence-corrected chi connectivity index (χ0v) is 22.6. The van der Waals surface area contributed by atoms with Crippen LogP contribution in [0.2, 0.25) is 0 Å². The van der Waals surface area contributed by atoms with E-state index >= 15 is 0 Å². The standard InChI is InChI=1S/C27H37N7O7/c1-15(32-24(38)20(28)13-16-4-8-18(35)9-5-16)23(37)34-22(14-17-6-10-19(36)11-7-17)25(39)33-21(26(40)41)3-2-12-31-27(29)30/h4-11,15,20-22,35-36H,2-3,12-14,28H2,1H3,(H,32,38)(H,33,39)(H,34,37)(H,40,41)(H4,29,30,31). The van der Waals surface area contributed by atoms with Crippen LogP contribution in [0.3, 0.4) is 0 Å². The molecule has 0 aliphatic heterocycles. The van der Waals surface area contributed by atoms with Crippen LogP contribution in [-0.2, 0) is 32.0 Å². The molecule has 0 saturated heterocycles. The minimum atomic E-state index is -1.28. The minimum Gasteiger partial charge on any atom is -0.508 e. The highest BCUT2D eigenvalue weighted by atomic mass is 16.4. The third-order valence-electron chi connectivity index (χ3n) is 6.05. The molecule has 0 radical (unpaired) electrons. The summed E-state index contributed by atoms with van der Waals surface area (Å²) in [5, 5.41) is 36.1. The van der Waals surface area contributed by atoms with Crippen LogP contribution >= 0.6 is 0 Å². The largest absolute Gasteiger partial charge is 0.508 e. The molecule has 41 heavy (non-hydrogen) atoms. The van der Waals surface area contributed by atoms with Gasteiger partial charge in [0.15, 0.2) is 5.96 Å². The molecule has 2 rings (SSSR count). The predicted octanol–water partition coefficient (Wildman–Crippen LogP) is -1.18. The molecular formula is C27H37N7O7. The van der Waals surface area contributed by atoms with Gasteiger partial charge in [0.1, 0.15) is 29.6 Å². The lowest BCUT2D eigenvalue weighted by Gasteiger charge is -2.24. The number of benzene rings is 2. The molecule has 2 aromatic rings. The van der Waals surface area contributed by atoms with Gasteiger partial charge in [-0.15, -0.1) is 0 Å². The number of carboxylic acids is 1. The lowest BCUT2D eigenvalue weighted by atomic mass is 10.0. The van der Waals surface area contributed by atoms with Crippen molar-refractivity contribution >= 4 is 29.7 Å². The average molecular weight is 572 g/mol. The number of nitrogens with one attached hydrogen (secondary N) is 3. The molecule has 12 N–H and O–H groups in total. The summed E-state index contributed by atoms with van der Waals surface area (Å²) >= 11 is 0. The summed E-state index contributed by atoms with van der Waals surface area (Å²) in [6.45, 7) is 1.58. The molecule has 0 saturated carbocycles. The number of carboxylic acid groups (broad SMARTS) is 1. The van der Waals surface area contributed by atoms with Gasteiger partial charge in [-0.05, 0) is 61.6 Å². The first-order valence-electron chi connectivity index (χ1n) is 12.9. The van der Waals surface area contributed by atoms with E-state index in [4.69, 9.17) is 17.2 Å². The molecule has 14 heteroatoms. The Balaban J connectivity index is 2.08. The first kappa shape index (κ1) is 32.4. The van der Waals surface area contributed by atoms with Gasteiger partial charge in [0.25, 0.3) is 0 Å². The van der Waals surface area contributed by atoms with Crippen LogP contribution in [0, 0.1) is 0 Å². The SMILES string of the molecule is CC(NC(=O)C(N)Cc1ccc(O)cc1)C(=O)NC(Cc1ccc(O)cc1)C(=O)NC(CCCN=C(N)N)C(=O)O. The second kappa shape index (κ2) is 15.7. The van der Waals surface area contributed by atoms with Crippen molar-refractivity contribution in [3.05, 3.63) is 59.7 Å². The molecule has 222 valence electrons. The van der Waals surface area contributed by atoms with Crippen molar-refractivity contribution < 1.29 is 34.5 Å². The summed E-state index contributed by atoms with van der Waals surface area (Å²) < 4.78 is 0. The molecule has 3 amide bonds. The van der Waals surface area contributed by atoms with E-state index in [0.717, 1.165) is 0 Å². The Morgan fingerprint density at radius 2 is 1.29 bits per heavy atom. The molecule has 2 aromatic carbocycles. The topological polar surface area (TPSA) is 255 Å². The molecule has 14 nitrogen and oxygen atoms in total. The van der Waals surface area contributed by atoms with E-state index in [1.165, 1.54) is 31.2 Å². The van der Waals surface area contributed by atoms with E-state index in [1.54, 1.807) is 24.3 Å². The van der Waals surface area contributed by atoms with Crippen molar-refractivity contribution in [3.63, 3.8) is 0 Å². The van der Waals surface area contributed by atoms with Crippen LogP contribution in [0.15, 0.2) is 53.5 Å². The molecular weight excluding hydrogens is 534 g/mol. The van der Waals surface area contributed by atoms with Crippen LogP contribution in [0.4, 0.5) is 0 Å². The van der Waals surface area contributed by atoms with Gasteiger partial charge in [0.05, 0.1) is 6.04 Å². The summed E-state index contributed by atoms with van der Waals surface area (Å²) in [4.78, 5) is 54.3. The first-order valence-corrected chi connectivity index (χ1v) is 12.9. The summed E-state index contributed by atoms with van der Waals surface area (Å²) in [7, 11) is 0. The summed E-state index contributed by atoms with van der Waals surface area (Å²) in [5.74, 6) is -3.40. The van der Waals surface area contributed by atoms with Gasteiger partial charge in [0.2, 0.25) is 17.7 Å². The summed E-state index contributed by atoms with van der Waals surface area (Å²) in [5.41, 5.74) is 17.8. The lowest BCUT2D eigenvalue weighted by Crippen LogP contribution is -2.57. The fraction of sp³-hybridized carbons (Fsp3) is 0.370. The van der Waals surface area contributed by atoms with Crippen molar-refractivity contribution in [3.8, 4) is 11.5 Å². The monoisotopic (exact) mass is 571 g/mol. The van der Waals surface area contributed by atoms with Gasteiger partial charge in [-0.3, -0.25) is 19.4 Å². The Kier molecular flexibility index (Phi) is 12.4. The van der Waals surface area contributed by atoms with Crippen molar-refractivity contribution in [2.75, 3.05) is 6.54 Å². The molecule has 0 aliphatic carbocycles. The molecule has 0 fully saturated rings. The number of phenolic OH excluding ortho intramolecular Hbond substituents is 2. The number of aromatic hydroxyl groups is 2. The number of carbonyl (C=O) groups excluding carboxylic acids is 3. The fourth-order valence-corrected chi connectivity index (χ4v) is 3.77. The Morgan fingerprint density at radius 3 is 1.80 bits per heavy atom. The highest BCUT2D eigenvalue weighted by Gasteiger charge is 2.29. The van der Waals surface area contributed by atoms with Crippen LogP contribution in [-0.4, -0.2) is 75.7 Å². The van der Waals surface area contributed by atoms with E-state index in [1.807, 2.05) is 0 Å². The number of aliphatic carboxylic acids is 1. The molecule has 0 heterocycles. The van der Waals surface area contributed by atoms with Crippen molar-refractivity contribution in [1.29, 1.82) is 0 Å². The quantitative estimate of drug-likeness (QED) is 0.0702. The molecule has 0 spiro atoms. The minimum absolute atomic E-state index is 0.00507.